The normalized spacial score (nSPS) is 15.0. The zero-order valence-electron chi connectivity index (χ0n) is 15.0. The fraction of sp³-hybridized carbons (Fsp3) is 0.300. The molecule has 2 aromatic carbocycles. The van der Waals surface area contributed by atoms with Gasteiger partial charge in [0.1, 0.15) is 11.9 Å². The number of halogens is 2. The number of nitrogens with zero attached hydrogens (tertiary/aromatic N) is 2. The second-order valence-corrected chi connectivity index (χ2v) is 8.11. The van der Waals surface area contributed by atoms with Crippen LogP contribution in [0.1, 0.15) is 18.4 Å². The van der Waals surface area contributed by atoms with Gasteiger partial charge < -0.3 is 15.0 Å². The zero-order chi connectivity index (χ0) is 19.5. The van der Waals surface area contributed by atoms with E-state index in [4.69, 9.17) is 16.3 Å². The van der Waals surface area contributed by atoms with Gasteiger partial charge in [0.15, 0.2) is 0 Å². The lowest BCUT2D eigenvalue weighted by Gasteiger charge is -2.31. The predicted octanol–water partition coefficient (Wildman–Crippen LogP) is 4.84. The number of benzene rings is 2. The molecule has 0 spiro atoms. The van der Waals surface area contributed by atoms with E-state index >= 15 is 0 Å². The van der Waals surface area contributed by atoms with Crippen LogP contribution in [0.25, 0.3) is 10.2 Å². The van der Waals surface area contributed by atoms with E-state index in [1.54, 1.807) is 11.0 Å². The Hall–Kier alpha value is -2.38. The van der Waals surface area contributed by atoms with Crippen molar-refractivity contribution < 1.29 is 13.9 Å². The molecule has 0 atom stereocenters. The molecule has 8 heteroatoms. The molecule has 0 unspecified atom stereocenters. The number of ether oxygens (including phenoxy) is 1. The van der Waals surface area contributed by atoms with Crippen LogP contribution in [-0.2, 0) is 6.54 Å². The lowest BCUT2D eigenvalue weighted by Crippen LogP contribution is -2.46. The minimum Gasteiger partial charge on any atom is -0.467 e. The summed E-state index contributed by atoms with van der Waals surface area (Å²) in [7, 11) is 0. The van der Waals surface area contributed by atoms with Gasteiger partial charge in [0, 0.05) is 37.5 Å². The lowest BCUT2D eigenvalue weighted by atomic mass is 10.1. The zero-order valence-corrected chi connectivity index (χ0v) is 16.6. The summed E-state index contributed by atoms with van der Waals surface area (Å²) in [6.07, 6.45) is 1.47. The summed E-state index contributed by atoms with van der Waals surface area (Å²) >= 11 is 7.21. The minimum absolute atomic E-state index is 0.00530. The number of aromatic nitrogens is 1. The summed E-state index contributed by atoms with van der Waals surface area (Å²) in [5.74, 6) is -0.277. The fourth-order valence-electron chi connectivity index (χ4n) is 3.14. The van der Waals surface area contributed by atoms with Crippen LogP contribution in [-0.4, -0.2) is 35.1 Å². The van der Waals surface area contributed by atoms with E-state index in [1.165, 1.54) is 23.5 Å². The second-order valence-electron chi connectivity index (χ2n) is 6.68. The van der Waals surface area contributed by atoms with Gasteiger partial charge in [0.2, 0.25) is 0 Å². The molecule has 0 bridgehead atoms. The molecule has 3 aromatic rings. The number of amides is 2. The first-order chi connectivity index (χ1) is 13.6. The highest BCUT2D eigenvalue weighted by atomic mass is 35.5. The molecule has 146 valence electrons. The number of carbonyl (C=O) groups excluding carboxylic acids is 1. The molecule has 1 N–H and O–H groups in total. The Morgan fingerprint density at radius 1 is 1.25 bits per heavy atom. The fourth-order valence-corrected chi connectivity index (χ4v) is 4.17. The van der Waals surface area contributed by atoms with Gasteiger partial charge in [-0.1, -0.05) is 35.1 Å². The van der Waals surface area contributed by atoms with Gasteiger partial charge in [-0.2, -0.15) is 0 Å². The molecule has 28 heavy (non-hydrogen) atoms. The van der Waals surface area contributed by atoms with Crippen LogP contribution in [0.3, 0.4) is 0 Å². The molecule has 1 aliphatic rings. The molecule has 2 heterocycles. The molecular weight excluding hydrogens is 401 g/mol. The molecule has 0 saturated carbocycles. The van der Waals surface area contributed by atoms with E-state index in [-0.39, 0.29) is 18.0 Å². The molecule has 0 aliphatic carbocycles. The first kappa shape index (κ1) is 19.0. The van der Waals surface area contributed by atoms with Crippen molar-refractivity contribution in [3.05, 3.63) is 58.9 Å². The number of hydrogen-bond acceptors (Lipinski definition) is 4. The van der Waals surface area contributed by atoms with Gasteiger partial charge in [-0.15, -0.1) is 0 Å². The van der Waals surface area contributed by atoms with Crippen molar-refractivity contribution in [2.75, 3.05) is 13.1 Å². The molecular formula is C20H19ClFN3O2S. The molecule has 4 rings (SSSR count). The molecule has 1 aliphatic heterocycles. The number of piperidine rings is 1. The highest BCUT2D eigenvalue weighted by Crippen LogP contribution is 2.30. The van der Waals surface area contributed by atoms with Gasteiger partial charge in [0.05, 0.1) is 10.2 Å². The molecule has 1 fully saturated rings. The summed E-state index contributed by atoms with van der Waals surface area (Å²) < 4.78 is 20.0. The number of carbonyl (C=O) groups is 1. The average molecular weight is 420 g/mol. The second kappa shape index (κ2) is 8.32. The van der Waals surface area contributed by atoms with Gasteiger partial charge in [-0.05, 0) is 35.9 Å². The number of fused-ring (bicyclic) bond motifs is 1. The Bertz CT molecular complexity index is 971. The SMILES string of the molecule is O=C(NCc1ccc(Cl)cc1)N1CCC(Oc2nc3ccc(F)cc3s2)CC1. The standard InChI is InChI=1S/C20H19ClFN3O2S/c21-14-3-1-13(2-4-14)12-23-19(26)25-9-7-16(8-10-25)27-20-24-17-6-5-15(22)11-18(17)28-20/h1-6,11,16H,7-10,12H2,(H,23,26). The van der Waals surface area contributed by atoms with E-state index in [0.717, 1.165) is 28.6 Å². The summed E-state index contributed by atoms with van der Waals surface area (Å²) in [6, 6.07) is 11.8. The molecule has 0 radical (unpaired) electrons. The number of urea groups is 1. The Balaban J connectivity index is 1.26. The Kier molecular flexibility index (Phi) is 5.64. The summed E-state index contributed by atoms with van der Waals surface area (Å²) in [4.78, 5) is 18.5. The summed E-state index contributed by atoms with van der Waals surface area (Å²) in [5, 5.41) is 4.16. The van der Waals surface area contributed by atoms with E-state index in [1.807, 2.05) is 24.3 Å². The average Bonchev–Trinajstić information content (AvgIpc) is 3.09. The van der Waals surface area contributed by atoms with E-state index in [0.29, 0.717) is 29.9 Å². The first-order valence-electron chi connectivity index (χ1n) is 9.07. The van der Waals surface area contributed by atoms with Gasteiger partial charge >= 0.3 is 6.03 Å². The smallest absolute Gasteiger partial charge is 0.317 e. The topological polar surface area (TPSA) is 54.5 Å². The molecule has 1 saturated heterocycles. The van der Waals surface area contributed by atoms with Gasteiger partial charge in [0.25, 0.3) is 5.19 Å². The van der Waals surface area contributed by atoms with Crippen molar-refractivity contribution in [1.29, 1.82) is 0 Å². The van der Waals surface area contributed by atoms with Crippen molar-refractivity contribution in [2.45, 2.75) is 25.5 Å². The predicted molar refractivity (Wildman–Crippen MR) is 108 cm³/mol. The third kappa shape index (κ3) is 4.54. The van der Waals surface area contributed by atoms with E-state index in [2.05, 4.69) is 10.3 Å². The molecule has 5 nitrogen and oxygen atoms in total. The largest absolute Gasteiger partial charge is 0.467 e. The van der Waals surface area contributed by atoms with E-state index < -0.39 is 0 Å². The quantitative estimate of drug-likeness (QED) is 0.658. The number of likely N-dealkylation sites (tertiary alicyclic amines) is 1. The number of nitrogens with one attached hydrogen (secondary N) is 1. The van der Waals surface area contributed by atoms with Crippen LogP contribution in [0.15, 0.2) is 42.5 Å². The maximum Gasteiger partial charge on any atom is 0.317 e. The number of rotatable bonds is 4. The third-order valence-electron chi connectivity index (χ3n) is 4.68. The molecule has 1 aromatic heterocycles. The van der Waals surface area contributed by atoms with Crippen molar-refractivity contribution >= 4 is 39.2 Å². The summed E-state index contributed by atoms with van der Waals surface area (Å²) in [5.41, 5.74) is 1.74. The lowest BCUT2D eigenvalue weighted by molar-refractivity contribution is 0.111. The highest BCUT2D eigenvalue weighted by molar-refractivity contribution is 7.20. The Morgan fingerprint density at radius 2 is 2.00 bits per heavy atom. The minimum atomic E-state index is -0.277. The van der Waals surface area contributed by atoms with Crippen molar-refractivity contribution in [3.63, 3.8) is 0 Å². The van der Waals surface area contributed by atoms with Crippen LogP contribution >= 0.6 is 22.9 Å². The van der Waals surface area contributed by atoms with Crippen molar-refractivity contribution in [1.82, 2.24) is 15.2 Å². The van der Waals surface area contributed by atoms with E-state index in [9.17, 15) is 9.18 Å². The van der Waals surface area contributed by atoms with Crippen molar-refractivity contribution in [3.8, 4) is 5.19 Å². The Morgan fingerprint density at radius 3 is 2.75 bits per heavy atom. The van der Waals surface area contributed by atoms with Crippen LogP contribution in [0.5, 0.6) is 5.19 Å². The maximum absolute atomic E-state index is 13.3. The third-order valence-corrected chi connectivity index (χ3v) is 5.85. The first-order valence-corrected chi connectivity index (χ1v) is 10.3. The van der Waals surface area contributed by atoms with Crippen molar-refractivity contribution in [2.24, 2.45) is 0 Å². The van der Waals surface area contributed by atoms with Crippen LogP contribution in [0, 0.1) is 5.82 Å². The van der Waals surface area contributed by atoms with Crippen LogP contribution in [0.2, 0.25) is 5.02 Å². The monoisotopic (exact) mass is 419 g/mol. The Labute approximate surface area is 171 Å². The maximum atomic E-state index is 13.3. The molecule has 2 amide bonds. The number of hydrogen-bond donors (Lipinski definition) is 1. The van der Waals surface area contributed by atoms with Crippen LogP contribution < -0.4 is 10.1 Å². The van der Waals surface area contributed by atoms with Gasteiger partial charge in [-0.3, -0.25) is 0 Å². The van der Waals surface area contributed by atoms with Crippen LogP contribution in [0.4, 0.5) is 9.18 Å². The number of thiazole rings is 1. The highest BCUT2D eigenvalue weighted by Gasteiger charge is 2.24. The summed E-state index contributed by atoms with van der Waals surface area (Å²) in [6.45, 7) is 1.71. The van der Waals surface area contributed by atoms with Gasteiger partial charge in [-0.25, -0.2) is 14.2 Å².